The molecule has 0 radical (unpaired) electrons. The van der Waals surface area contributed by atoms with Crippen molar-refractivity contribution >= 4 is 16.6 Å². The lowest BCUT2D eigenvalue weighted by Crippen LogP contribution is -2.46. The van der Waals surface area contributed by atoms with Crippen LogP contribution in [0.15, 0.2) is 61.1 Å². The van der Waals surface area contributed by atoms with Crippen LogP contribution in [-0.2, 0) is 6.42 Å². The number of para-hydroxylation sites is 1. The van der Waals surface area contributed by atoms with E-state index in [9.17, 15) is 8.78 Å². The zero-order chi connectivity index (χ0) is 22.9. The molecule has 0 saturated carbocycles. The first kappa shape index (κ1) is 21.4. The van der Waals surface area contributed by atoms with Crippen LogP contribution in [0.2, 0.25) is 0 Å². The van der Waals surface area contributed by atoms with Gasteiger partial charge in [0, 0.05) is 55.2 Å². The van der Waals surface area contributed by atoms with Gasteiger partial charge in [0.1, 0.15) is 11.6 Å². The summed E-state index contributed by atoms with van der Waals surface area (Å²) in [4.78, 5) is 15.5. The predicted molar refractivity (Wildman–Crippen MR) is 126 cm³/mol. The lowest BCUT2D eigenvalue weighted by atomic mass is 9.95. The SMILES string of the molecule is C[C@@H]1C[C@H](N)CN(c2ccncc2Cc2cccc3cnc(-c4c(F)cccc4F)nc23)C1. The van der Waals surface area contributed by atoms with E-state index in [-0.39, 0.29) is 17.4 Å². The Labute approximate surface area is 191 Å². The van der Waals surface area contributed by atoms with Gasteiger partial charge in [-0.2, -0.15) is 0 Å². The van der Waals surface area contributed by atoms with E-state index in [2.05, 4.69) is 26.8 Å². The molecular weight excluding hydrogens is 420 g/mol. The summed E-state index contributed by atoms with van der Waals surface area (Å²) in [5.41, 5.74) is 9.86. The number of fused-ring (bicyclic) bond motifs is 1. The van der Waals surface area contributed by atoms with Gasteiger partial charge in [0.2, 0.25) is 0 Å². The molecule has 2 aromatic heterocycles. The van der Waals surface area contributed by atoms with Gasteiger partial charge >= 0.3 is 0 Å². The molecule has 1 saturated heterocycles. The van der Waals surface area contributed by atoms with E-state index in [1.54, 1.807) is 12.4 Å². The second-order valence-electron chi connectivity index (χ2n) is 8.83. The highest BCUT2D eigenvalue weighted by molar-refractivity contribution is 5.83. The van der Waals surface area contributed by atoms with Crippen molar-refractivity contribution in [1.82, 2.24) is 15.0 Å². The van der Waals surface area contributed by atoms with E-state index in [4.69, 9.17) is 5.73 Å². The summed E-state index contributed by atoms with van der Waals surface area (Å²) in [6, 6.07) is 11.7. The number of rotatable bonds is 4. The van der Waals surface area contributed by atoms with Gasteiger partial charge in [-0.25, -0.2) is 18.7 Å². The third kappa shape index (κ3) is 4.28. The van der Waals surface area contributed by atoms with Crippen molar-refractivity contribution in [3.63, 3.8) is 0 Å². The highest BCUT2D eigenvalue weighted by atomic mass is 19.1. The number of pyridine rings is 1. The van der Waals surface area contributed by atoms with Crippen molar-refractivity contribution in [3.8, 4) is 11.4 Å². The molecule has 5 rings (SSSR count). The molecular formula is C26H25F2N5. The molecule has 2 aromatic carbocycles. The molecule has 7 heteroatoms. The summed E-state index contributed by atoms with van der Waals surface area (Å²) >= 11 is 0. The maximum absolute atomic E-state index is 14.4. The summed E-state index contributed by atoms with van der Waals surface area (Å²) < 4.78 is 28.7. The van der Waals surface area contributed by atoms with Gasteiger partial charge in [-0.15, -0.1) is 0 Å². The van der Waals surface area contributed by atoms with Crippen molar-refractivity contribution < 1.29 is 8.78 Å². The molecule has 2 N–H and O–H groups in total. The standard InChI is InChI=1S/C26H25F2N5/c1-16-10-20(29)15-33(14-16)23-8-9-30-12-19(23)11-17-4-2-5-18-13-31-26(32-25(17)18)24-21(27)6-3-7-22(24)28/h2-9,12-13,16,20H,10-11,14-15,29H2,1H3/t16-,20+/m1/s1. The second-order valence-corrected chi connectivity index (χ2v) is 8.83. The summed E-state index contributed by atoms with van der Waals surface area (Å²) in [5, 5.41) is 0.812. The molecule has 0 spiro atoms. The molecule has 0 unspecified atom stereocenters. The van der Waals surface area contributed by atoms with Crippen LogP contribution in [0, 0.1) is 17.6 Å². The first-order valence-corrected chi connectivity index (χ1v) is 11.1. The number of nitrogens with zero attached hydrogens (tertiary/aromatic N) is 4. The van der Waals surface area contributed by atoms with Gasteiger partial charge in [0.15, 0.2) is 5.82 Å². The van der Waals surface area contributed by atoms with Crippen molar-refractivity contribution in [2.75, 3.05) is 18.0 Å². The Hall–Kier alpha value is -3.45. The molecule has 168 valence electrons. The molecule has 0 bridgehead atoms. The molecule has 0 amide bonds. The van der Waals surface area contributed by atoms with Gasteiger partial charge in [-0.05, 0) is 41.7 Å². The summed E-state index contributed by atoms with van der Waals surface area (Å²) in [6.45, 7) is 3.97. The van der Waals surface area contributed by atoms with Crippen molar-refractivity contribution in [2.45, 2.75) is 25.8 Å². The molecule has 33 heavy (non-hydrogen) atoms. The molecule has 1 fully saturated rings. The first-order chi connectivity index (χ1) is 16.0. The summed E-state index contributed by atoms with van der Waals surface area (Å²) in [6.07, 6.45) is 6.89. The Kier molecular flexibility index (Phi) is 5.72. The van der Waals surface area contributed by atoms with E-state index in [1.807, 2.05) is 30.5 Å². The average molecular weight is 446 g/mol. The molecule has 1 aliphatic rings. The molecule has 1 aliphatic heterocycles. The fraction of sp³-hybridized carbons (Fsp3) is 0.269. The van der Waals surface area contributed by atoms with Crippen LogP contribution in [0.1, 0.15) is 24.5 Å². The van der Waals surface area contributed by atoms with Crippen LogP contribution in [0.25, 0.3) is 22.3 Å². The van der Waals surface area contributed by atoms with Crippen LogP contribution >= 0.6 is 0 Å². The Morgan fingerprint density at radius 3 is 2.58 bits per heavy atom. The smallest absolute Gasteiger partial charge is 0.165 e. The number of halogens is 2. The minimum absolute atomic E-state index is 0.0350. The Balaban J connectivity index is 1.56. The van der Waals surface area contributed by atoms with Gasteiger partial charge in [-0.1, -0.05) is 31.2 Å². The Morgan fingerprint density at radius 1 is 1.00 bits per heavy atom. The lowest BCUT2D eigenvalue weighted by Gasteiger charge is -2.37. The number of aromatic nitrogens is 3. The molecule has 3 heterocycles. The van der Waals surface area contributed by atoms with Gasteiger partial charge in [0.25, 0.3) is 0 Å². The van der Waals surface area contributed by atoms with Crippen molar-refractivity contribution in [1.29, 1.82) is 0 Å². The number of anilines is 1. The monoisotopic (exact) mass is 445 g/mol. The largest absolute Gasteiger partial charge is 0.369 e. The van der Waals surface area contributed by atoms with E-state index < -0.39 is 11.6 Å². The number of benzene rings is 2. The highest BCUT2D eigenvalue weighted by Gasteiger charge is 2.24. The minimum Gasteiger partial charge on any atom is -0.369 e. The molecule has 5 nitrogen and oxygen atoms in total. The van der Waals surface area contributed by atoms with E-state index in [0.29, 0.717) is 17.9 Å². The Bertz CT molecular complexity index is 1280. The summed E-state index contributed by atoms with van der Waals surface area (Å²) in [7, 11) is 0. The maximum atomic E-state index is 14.4. The van der Waals surface area contributed by atoms with E-state index >= 15 is 0 Å². The van der Waals surface area contributed by atoms with Gasteiger partial charge in [0.05, 0.1) is 11.1 Å². The minimum atomic E-state index is -0.683. The molecule has 4 aromatic rings. The third-order valence-corrected chi connectivity index (χ3v) is 6.17. The van der Waals surface area contributed by atoms with Crippen LogP contribution in [-0.4, -0.2) is 34.1 Å². The Morgan fingerprint density at radius 2 is 1.79 bits per heavy atom. The predicted octanol–water partition coefficient (Wildman–Crippen LogP) is 4.73. The third-order valence-electron chi connectivity index (χ3n) is 6.17. The van der Waals surface area contributed by atoms with Gasteiger partial charge in [-0.3, -0.25) is 4.98 Å². The van der Waals surface area contributed by atoms with Crippen molar-refractivity contribution in [2.24, 2.45) is 11.7 Å². The van der Waals surface area contributed by atoms with Crippen LogP contribution < -0.4 is 10.6 Å². The zero-order valence-electron chi connectivity index (χ0n) is 18.4. The lowest BCUT2D eigenvalue weighted by molar-refractivity contribution is 0.401. The maximum Gasteiger partial charge on any atom is 0.165 e. The highest BCUT2D eigenvalue weighted by Crippen LogP contribution is 2.30. The van der Waals surface area contributed by atoms with E-state index in [0.717, 1.165) is 41.7 Å². The fourth-order valence-electron chi connectivity index (χ4n) is 4.76. The van der Waals surface area contributed by atoms with Crippen molar-refractivity contribution in [3.05, 3.63) is 83.8 Å². The van der Waals surface area contributed by atoms with Crippen LogP contribution in [0.4, 0.5) is 14.5 Å². The number of piperidine rings is 1. The molecule has 0 aliphatic carbocycles. The van der Waals surface area contributed by atoms with Gasteiger partial charge < -0.3 is 10.6 Å². The quantitative estimate of drug-likeness (QED) is 0.492. The second kappa shape index (κ2) is 8.83. The number of hydrogen-bond acceptors (Lipinski definition) is 5. The fourth-order valence-corrected chi connectivity index (χ4v) is 4.76. The normalized spacial score (nSPS) is 18.6. The average Bonchev–Trinajstić information content (AvgIpc) is 2.79. The zero-order valence-corrected chi connectivity index (χ0v) is 18.4. The topological polar surface area (TPSA) is 67.9 Å². The number of nitrogens with two attached hydrogens (primary N) is 1. The van der Waals surface area contributed by atoms with E-state index in [1.165, 1.54) is 18.2 Å². The number of hydrogen-bond donors (Lipinski definition) is 1. The summed E-state index contributed by atoms with van der Waals surface area (Å²) in [5.74, 6) is -0.819. The molecule has 2 atom stereocenters. The van der Waals surface area contributed by atoms with Crippen LogP contribution in [0.3, 0.4) is 0 Å². The first-order valence-electron chi connectivity index (χ1n) is 11.1. The van der Waals surface area contributed by atoms with Crippen LogP contribution in [0.5, 0.6) is 0 Å².